The molecule has 1 fully saturated rings. The van der Waals surface area contributed by atoms with Gasteiger partial charge in [-0.3, -0.25) is 14.6 Å². The number of thioether (sulfide) groups is 1. The normalized spacial score (nSPS) is 17.0. The van der Waals surface area contributed by atoms with Gasteiger partial charge in [0.2, 0.25) is 11.8 Å². The number of hydrogen-bond acceptors (Lipinski definition) is 5. The van der Waals surface area contributed by atoms with Crippen molar-refractivity contribution < 1.29 is 14.3 Å². The van der Waals surface area contributed by atoms with Crippen LogP contribution in [0.2, 0.25) is 10.0 Å². The SMILES string of the molecule is CCOc1ccc(N2C(=O)C[C@@H](SC(=NC)Nc3cc(Cl)cc(Cl)c3)C2=O)cc1. The minimum absolute atomic E-state index is 0.0910. The number of nitrogens with zero attached hydrogens (tertiary/aromatic N) is 2. The van der Waals surface area contributed by atoms with Gasteiger partial charge in [0.1, 0.15) is 11.0 Å². The van der Waals surface area contributed by atoms with Crippen molar-refractivity contribution >= 4 is 63.3 Å². The Morgan fingerprint density at radius 1 is 1.21 bits per heavy atom. The zero-order valence-corrected chi connectivity index (χ0v) is 18.1. The number of anilines is 2. The first-order valence-electron chi connectivity index (χ1n) is 8.87. The van der Waals surface area contributed by atoms with E-state index in [1.165, 1.54) is 16.7 Å². The van der Waals surface area contributed by atoms with E-state index in [0.29, 0.717) is 38.9 Å². The lowest BCUT2D eigenvalue weighted by atomic mass is 10.3. The molecule has 0 unspecified atom stereocenters. The van der Waals surface area contributed by atoms with Crippen LogP contribution in [0.5, 0.6) is 5.75 Å². The fourth-order valence-corrected chi connectivity index (χ4v) is 4.36. The molecular weight excluding hydrogens is 433 g/mol. The topological polar surface area (TPSA) is 71.0 Å². The smallest absolute Gasteiger partial charge is 0.247 e. The van der Waals surface area contributed by atoms with Gasteiger partial charge in [0, 0.05) is 29.2 Å². The third-order valence-corrected chi connectivity index (χ3v) is 5.68. The number of rotatable bonds is 5. The molecule has 0 bridgehead atoms. The standard InChI is InChI=1S/C20H19Cl2N3O3S/c1-3-28-16-6-4-15(5-7-16)25-18(26)11-17(19(25)27)29-20(23-2)24-14-9-12(21)8-13(22)10-14/h4-10,17H,3,11H2,1-2H3,(H,23,24)/t17-/m1/s1. The first kappa shape index (κ1) is 21.5. The van der Waals surface area contributed by atoms with Gasteiger partial charge in [-0.2, -0.15) is 0 Å². The predicted molar refractivity (Wildman–Crippen MR) is 120 cm³/mol. The van der Waals surface area contributed by atoms with Crippen molar-refractivity contribution in [2.24, 2.45) is 4.99 Å². The lowest BCUT2D eigenvalue weighted by molar-refractivity contribution is -0.121. The number of carbonyl (C=O) groups is 2. The Bertz CT molecular complexity index is 930. The van der Waals surface area contributed by atoms with Crippen molar-refractivity contribution in [3.63, 3.8) is 0 Å². The third kappa shape index (κ3) is 5.23. The summed E-state index contributed by atoms with van der Waals surface area (Å²) in [5, 5.41) is 3.97. The first-order chi connectivity index (χ1) is 13.9. The number of aliphatic imine (C=N–C) groups is 1. The van der Waals surface area contributed by atoms with Crippen LogP contribution in [0.1, 0.15) is 13.3 Å². The second-order valence-corrected chi connectivity index (χ2v) is 8.18. The molecule has 9 heteroatoms. The molecule has 1 saturated heterocycles. The maximum Gasteiger partial charge on any atom is 0.247 e. The van der Waals surface area contributed by atoms with E-state index in [2.05, 4.69) is 10.3 Å². The average Bonchev–Trinajstić information content (AvgIpc) is 2.94. The van der Waals surface area contributed by atoms with Gasteiger partial charge < -0.3 is 10.1 Å². The molecule has 1 N–H and O–H groups in total. The van der Waals surface area contributed by atoms with E-state index in [4.69, 9.17) is 27.9 Å². The zero-order chi connectivity index (χ0) is 21.0. The minimum atomic E-state index is -0.574. The predicted octanol–water partition coefficient (Wildman–Crippen LogP) is 4.86. The van der Waals surface area contributed by atoms with Crippen molar-refractivity contribution in [3.05, 3.63) is 52.5 Å². The maximum absolute atomic E-state index is 12.9. The molecule has 1 aliphatic heterocycles. The van der Waals surface area contributed by atoms with Gasteiger partial charge in [0.15, 0.2) is 5.17 Å². The molecule has 3 rings (SSSR count). The molecule has 0 aliphatic carbocycles. The van der Waals surface area contributed by atoms with Crippen molar-refractivity contribution in [1.29, 1.82) is 0 Å². The van der Waals surface area contributed by atoms with Crippen LogP contribution in [0, 0.1) is 0 Å². The number of imide groups is 1. The molecule has 152 valence electrons. The van der Waals surface area contributed by atoms with Crippen LogP contribution < -0.4 is 15.0 Å². The number of amidine groups is 1. The zero-order valence-electron chi connectivity index (χ0n) is 15.8. The van der Waals surface area contributed by atoms with Gasteiger partial charge in [-0.1, -0.05) is 35.0 Å². The molecular formula is C20H19Cl2N3O3S. The van der Waals surface area contributed by atoms with E-state index in [9.17, 15) is 9.59 Å². The van der Waals surface area contributed by atoms with Crippen LogP contribution in [0.15, 0.2) is 47.5 Å². The number of halogens is 2. The Hall–Kier alpha value is -2.22. The lowest BCUT2D eigenvalue weighted by Crippen LogP contribution is -2.31. The van der Waals surface area contributed by atoms with Crippen LogP contribution in [0.3, 0.4) is 0 Å². The van der Waals surface area contributed by atoms with Crippen molar-refractivity contribution in [2.45, 2.75) is 18.6 Å². The molecule has 2 amide bonds. The van der Waals surface area contributed by atoms with Crippen molar-refractivity contribution in [2.75, 3.05) is 23.9 Å². The molecule has 2 aromatic carbocycles. The fraction of sp³-hybridized carbons (Fsp3) is 0.250. The molecule has 0 spiro atoms. The van der Waals surface area contributed by atoms with Crippen LogP contribution in [-0.4, -0.2) is 35.9 Å². The van der Waals surface area contributed by atoms with Crippen molar-refractivity contribution in [1.82, 2.24) is 0 Å². The van der Waals surface area contributed by atoms with Gasteiger partial charge in [-0.25, -0.2) is 4.90 Å². The number of amides is 2. The highest BCUT2D eigenvalue weighted by atomic mass is 35.5. The third-order valence-electron chi connectivity index (χ3n) is 4.08. The first-order valence-corrected chi connectivity index (χ1v) is 10.5. The van der Waals surface area contributed by atoms with Gasteiger partial charge >= 0.3 is 0 Å². The molecule has 1 aliphatic rings. The van der Waals surface area contributed by atoms with Crippen molar-refractivity contribution in [3.8, 4) is 5.75 Å². The Labute approximate surface area is 183 Å². The number of ether oxygens (including phenoxy) is 1. The minimum Gasteiger partial charge on any atom is -0.494 e. The summed E-state index contributed by atoms with van der Waals surface area (Å²) in [7, 11) is 1.60. The molecule has 1 atom stereocenters. The summed E-state index contributed by atoms with van der Waals surface area (Å²) in [5.41, 5.74) is 1.17. The summed E-state index contributed by atoms with van der Waals surface area (Å²) in [6.07, 6.45) is 0.0910. The Morgan fingerprint density at radius 2 is 1.86 bits per heavy atom. The number of nitrogens with one attached hydrogen (secondary N) is 1. The van der Waals surface area contributed by atoms with Crippen LogP contribution in [0.25, 0.3) is 0 Å². The molecule has 29 heavy (non-hydrogen) atoms. The Morgan fingerprint density at radius 3 is 2.45 bits per heavy atom. The maximum atomic E-state index is 12.9. The molecule has 0 radical (unpaired) electrons. The van der Waals surface area contributed by atoms with Crippen LogP contribution in [-0.2, 0) is 9.59 Å². The molecule has 6 nitrogen and oxygen atoms in total. The summed E-state index contributed by atoms with van der Waals surface area (Å²) < 4.78 is 5.40. The van der Waals surface area contributed by atoms with E-state index < -0.39 is 5.25 Å². The van der Waals surface area contributed by atoms with E-state index in [1.807, 2.05) is 6.92 Å². The average molecular weight is 452 g/mol. The summed E-state index contributed by atoms with van der Waals surface area (Å²) >= 11 is 13.2. The molecule has 1 heterocycles. The Kier molecular flexibility index (Phi) is 7.05. The number of carbonyl (C=O) groups excluding carboxylic acids is 2. The highest BCUT2D eigenvalue weighted by molar-refractivity contribution is 8.15. The van der Waals surface area contributed by atoms with Gasteiger partial charge in [-0.05, 0) is 49.4 Å². The number of hydrogen-bond donors (Lipinski definition) is 1. The van der Waals surface area contributed by atoms with Gasteiger partial charge in [-0.15, -0.1) is 0 Å². The molecule has 0 saturated carbocycles. The van der Waals surface area contributed by atoms with Gasteiger partial charge in [0.05, 0.1) is 12.3 Å². The van der Waals surface area contributed by atoms with Crippen LogP contribution in [0.4, 0.5) is 11.4 Å². The molecule has 0 aromatic heterocycles. The number of benzene rings is 2. The second-order valence-electron chi connectivity index (χ2n) is 6.12. The van der Waals surface area contributed by atoms with Crippen LogP contribution >= 0.6 is 35.0 Å². The Balaban J connectivity index is 1.71. The monoisotopic (exact) mass is 451 g/mol. The largest absolute Gasteiger partial charge is 0.494 e. The molecule has 2 aromatic rings. The van der Waals surface area contributed by atoms with E-state index >= 15 is 0 Å². The van der Waals surface area contributed by atoms with E-state index in [-0.39, 0.29) is 18.2 Å². The summed E-state index contributed by atoms with van der Waals surface area (Å²) in [6.45, 7) is 2.44. The quantitative estimate of drug-likeness (QED) is 0.399. The summed E-state index contributed by atoms with van der Waals surface area (Å²) in [6, 6.07) is 11.9. The lowest BCUT2D eigenvalue weighted by Gasteiger charge is -2.16. The second kappa shape index (κ2) is 9.52. The van der Waals surface area contributed by atoms with Gasteiger partial charge in [0.25, 0.3) is 0 Å². The fourth-order valence-electron chi connectivity index (χ4n) is 2.85. The van der Waals surface area contributed by atoms with E-state index in [0.717, 1.165) is 0 Å². The highest BCUT2D eigenvalue weighted by Crippen LogP contribution is 2.32. The summed E-state index contributed by atoms with van der Waals surface area (Å²) in [4.78, 5) is 30.7. The van der Waals surface area contributed by atoms with E-state index in [1.54, 1.807) is 49.5 Å². The summed E-state index contributed by atoms with van der Waals surface area (Å²) in [5.74, 6) is 0.153. The highest BCUT2D eigenvalue weighted by Gasteiger charge is 2.40.